The Bertz CT molecular complexity index is 527. The van der Waals surface area contributed by atoms with Gasteiger partial charge in [0.15, 0.2) is 0 Å². The average Bonchev–Trinajstić information content (AvgIpc) is 2.88. The van der Waals surface area contributed by atoms with Crippen LogP contribution in [0.3, 0.4) is 0 Å². The fourth-order valence-electron chi connectivity index (χ4n) is 3.60. The van der Waals surface area contributed by atoms with Gasteiger partial charge < -0.3 is 15.7 Å². The van der Waals surface area contributed by atoms with Gasteiger partial charge in [0.25, 0.3) is 0 Å². The van der Waals surface area contributed by atoms with Crippen molar-refractivity contribution in [2.24, 2.45) is 13.0 Å². The van der Waals surface area contributed by atoms with E-state index in [1.54, 1.807) is 0 Å². The molecular formula is C17H30N4O2. The van der Waals surface area contributed by atoms with Crippen LogP contribution >= 0.6 is 0 Å². The third kappa shape index (κ3) is 4.25. The van der Waals surface area contributed by atoms with Crippen LogP contribution in [0.1, 0.15) is 56.5 Å². The average molecular weight is 322 g/mol. The molecule has 1 saturated carbocycles. The lowest BCUT2D eigenvalue weighted by Gasteiger charge is -2.30. The summed E-state index contributed by atoms with van der Waals surface area (Å²) < 4.78 is 1.91. The zero-order chi connectivity index (χ0) is 16.8. The van der Waals surface area contributed by atoms with E-state index in [1.807, 2.05) is 11.7 Å². The Balaban J connectivity index is 1.94. The summed E-state index contributed by atoms with van der Waals surface area (Å²) in [5, 5.41) is 20.0. The Kier molecular flexibility index (Phi) is 6.45. The molecule has 0 aliphatic heterocycles. The smallest absolute Gasteiger partial charge is 0.315 e. The van der Waals surface area contributed by atoms with Crippen LogP contribution in [-0.4, -0.2) is 33.6 Å². The lowest BCUT2D eigenvalue weighted by atomic mass is 9.85. The normalized spacial score (nSPS) is 21.2. The summed E-state index contributed by atoms with van der Waals surface area (Å²) in [5.41, 5.74) is 3.36. The van der Waals surface area contributed by atoms with E-state index < -0.39 is 0 Å². The highest BCUT2D eigenvalue weighted by atomic mass is 16.3. The van der Waals surface area contributed by atoms with Gasteiger partial charge in [-0.2, -0.15) is 5.10 Å². The maximum absolute atomic E-state index is 12.2. The molecule has 0 spiro atoms. The first kappa shape index (κ1) is 17.8. The van der Waals surface area contributed by atoms with Crippen molar-refractivity contribution < 1.29 is 9.90 Å². The van der Waals surface area contributed by atoms with Gasteiger partial charge in [-0.3, -0.25) is 4.68 Å². The number of aryl methyl sites for hydroxylation is 2. The maximum Gasteiger partial charge on any atom is 0.315 e. The van der Waals surface area contributed by atoms with Crippen molar-refractivity contribution >= 4 is 6.03 Å². The van der Waals surface area contributed by atoms with Gasteiger partial charge in [0.1, 0.15) is 0 Å². The molecule has 1 aromatic heterocycles. The molecule has 2 amide bonds. The molecule has 0 bridgehead atoms. The second-order valence-corrected chi connectivity index (χ2v) is 6.36. The van der Waals surface area contributed by atoms with E-state index in [0.717, 1.165) is 49.8 Å². The fourth-order valence-corrected chi connectivity index (χ4v) is 3.60. The minimum Gasteiger partial charge on any atom is -0.396 e. The molecule has 0 radical (unpaired) electrons. The zero-order valence-corrected chi connectivity index (χ0v) is 14.6. The number of hydrogen-bond donors (Lipinski definition) is 3. The molecule has 1 aliphatic rings. The van der Waals surface area contributed by atoms with Crippen LogP contribution in [0.5, 0.6) is 0 Å². The number of carbonyl (C=O) groups is 1. The molecule has 2 unspecified atom stereocenters. The van der Waals surface area contributed by atoms with Gasteiger partial charge in [-0.15, -0.1) is 0 Å². The number of urea groups is 1. The topological polar surface area (TPSA) is 79.2 Å². The summed E-state index contributed by atoms with van der Waals surface area (Å²) in [6, 6.07) is -0.0674. The van der Waals surface area contributed by atoms with Gasteiger partial charge in [0.2, 0.25) is 0 Å². The molecule has 1 heterocycles. The van der Waals surface area contributed by atoms with Crippen LogP contribution < -0.4 is 10.6 Å². The third-order valence-corrected chi connectivity index (χ3v) is 4.91. The highest BCUT2D eigenvalue weighted by Gasteiger charge is 2.26. The molecular weight excluding hydrogens is 292 g/mol. The van der Waals surface area contributed by atoms with Gasteiger partial charge in [0, 0.05) is 43.4 Å². The van der Waals surface area contributed by atoms with Crippen molar-refractivity contribution in [3.8, 4) is 0 Å². The standard InChI is InChI=1S/C17H30N4O2/c1-4-14-13(16(5-2)21(3)20-14)10-18-17(23)19-15-9-7-6-8-12(15)11-22/h12,15,22H,4-11H2,1-3H3,(H2,18,19,23). The lowest BCUT2D eigenvalue weighted by molar-refractivity contribution is 0.153. The monoisotopic (exact) mass is 322 g/mol. The Morgan fingerprint density at radius 3 is 2.70 bits per heavy atom. The maximum atomic E-state index is 12.2. The molecule has 2 atom stereocenters. The number of hydrogen-bond acceptors (Lipinski definition) is 3. The first-order valence-electron chi connectivity index (χ1n) is 8.79. The Morgan fingerprint density at radius 2 is 2.04 bits per heavy atom. The van der Waals surface area contributed by atoms with Gasteiger partial charge in [0.05, 0.1) is 5.69 Å². The second kappa shape index (κ2) is 8.34. The second-order valence-electron chi connectivity index (χ2n) is 6.36. The lowest BCUT2D eigenvalue weighted by Crippen LogP contribution is -2.47. The number of rotatable bonds is 6. The molecule has 0 saturated heterocycles. The number of nitrogens with one attached hydrogen (secondary N) is 2. The SMILES string of the molecule is CCc1nn(C)c(CC)c1CNC(=O)NC1CCCCC1CO. The number of aliphatic hydroxyl groups excluding tert-OH is 1. The summed E-state index contributed by atoms with van der Waals surface area (Å²) in [4.78, 5) is 12.2. The molecule has 1 aromatic rings. The summed E-state index contributed by atoms with van der Waals surface area (Å²) in [6.45, 7) is 4.84. The number of amides is 2. The van der Waals surface area contributed by atoms with E-state index in [9.17, 15) is 9.90 Å². The van der Waals surface area contributed by atoms with Gasteiger partial charge in [-0.05, 0) is 25.7 Å². The van der Waals surface area contributed by atoms with Crippen molar-refractivity contribution in [3.05, 3.63) is 17.0 Å². The largest absolute Gasteiger partial charge is 0.396 e. The molecule has 130 valence electrons. The highest BCUT2D eigenvalue weighted by Crippen LogP contribution is 2.23. The molecule has 3 N–H and O–H groups in total. The molecule has 1 fully saturated rings. The first-order chi connectivity index (χ1) is 11.1. The van der Waals surface area contributed by atoms with Crippen molar-refractivity contribution in [1.29, 1.82) is 0 Å². The van der Waals surface area contributed by atoms with Gasteiger partial charge >= 0.3 is 6.03 Å². The Morgan fingerprint density at radius 1 is 1.30 bits per heavy atom. The Hall–Kier alpha value is -1.56. The van der Waals surface area contributed by atoms with E-state index in [1.165, 1.54) is 5.69 Å². The number of carbonyl (C=O) groups excluding carboxylic acids is 1. The minimum absolute atomic E-state index is 0.0824. The minimum atomic E-state index is -0.150. The number of aliphatic hydroxyl groups is 1. The van der Waals surface area contributed by atoms with Crippen molar-refractivity contribution in [2.45, 2.75) is 65.0 Å². The summed E-state index contributed by atoms with van der Waals surface area (Å²) in [5.74, 6) is 0.185. The fraction of sp³-hybridized carbons (Fsp3) is 0.765. The van der Waals surface area contributed by atoms with E-state index in [-0.39, 0.29) is 24.6 Å². The van der Waals surface area contributed by atoms with E-state index in [0.29, 0.717) is 6.54 Å². The van der Waals surface area contributed by atoms with Crippen molar-refractivity contribution in [3.63, 3.8) is 0 Å². The van der Waals surface area contributed by atoms with E-state index in [4.69, 9.17) is 0 Å². The number of aromatic nitrogens is 2. The van der Waals surface area contributed by atoms with Crippen LogP contribution in [0.15, 0.2) is 0 Å². The van der Waals surface area contributed by atoms with E-state index >= 15 is 0 Å². The summed E-state index contributed by atoms with van der Waals surface area (Å²) in [6.07, 6.45) is 5.96. The van der Waals surface area contributed by atoms with Crippen LogP contribution in [-0.2, 0) is 26.4 Å². The van der Waals surface area contributed by atoms with Crippen LogP contribution in [0.4, 0.5) is 4.79 Å². The van der Waals surface area contributed by atoms with Crippen LogP contribution in [0.2, 0.25) is 0 Å². The van der Waals surface area contributed by atoms with Gasteiger partial charge in [-0.25, -0.2) is 4.79 Å². The van der Waals surface area contributed by atoms with Crippen LogP contribution in [0, 0.1) is 5.92 Å². The summed E-state index contributed by atoms with van der Waals surface area (Å²) in [7, 11) is 1.95. The quantitative estimate of drug-likeness (QED) is 0.748. The third-order valence-electron chi connectivity index (χ3n) is 4.91. The molecule has 6 nitrogen and oxygen atoms in total. The summed E-state index contributed by atoms with van der Waals surface area (Å²) >= 11 is 0. The molecule has 6 heteroatoms. The van der Waals surface area contributed by atoms with Crippen molar-refractivity contribution in [1.82, 2.24) is 20.4 Å². The Labute approximate surface area is 138 Å². The molecule has 2 rings (SSSR count). The van der Waals surface area contributed by atoms with Crippen LogP contribution in [0.25, 0.3) is 0 Å². The van der Waals surface area contributed by atoms with E-state index in [2.05, 4.69) is 29.6 Å². The molecule has 23 heavy (non-hydrogen) atoms. The highest BCUT2D eigenvalue weighted by molar-refractivity contribution is 5.74. The van der Waals surface area contributed by atoms with Crippen molar-refractivity contribution in [2.75, 3.05) is 6.61 Å². The predicted molar refractivity (Wildman–Crippen MR) is 90.2 cm³/mol. The zero-order valence-electron chi connectivity index (χ0n) is 14.6. The predicted octanol–water partition coefficient (Wildman–Crippen LogP) is 1.90. The molecule has 0 aromatic carbocycles. The first-order valence-corrected chi connectivity index (χ1v) is 8.79. The number of nitrogens with zero attached hydrogens (tertiary/aromatic N) is 2. The molecule has 1 aliphatic carbocycles. The van der Waals surface area contributed by atoms with Gasteiger partial charge in [-0.1, -0.05) is 26.7 Å².